The Labute approximate surface area is 94.5 Å². The van der Waals surface area contributed by atoms with E-state index in [1.807, 2.05) is 0 Å². The topological polar surface area (TPSA) is 57.6 Å². The molecule has 86 valence electrons. The van der Waals surface area contributed by atoms with E-state index in [1.165, 1.54) is 0 Å². The number of anilines is 1. The van der Waals surface area contributed by atoms with Gasteiger partial charge in [0.05, 0.1) is 6.42 Å². The van der Waals surface area contributed by atoms with E-state index in [1.54, 1.807) is 43.1 Å². The summed E-state index contributed by atoms with van der Waals surface area (Å²) in [5.74, 6) is -0.822. The first-order valence-electron chi connectivity index (χ1n) is 5.12. The molecule has 0 saturated heterocycles. The van der Waals surface area contributed by atoms with Gasteiger partial charge < -0.3 is 10.0 Å². The van der Waals surface area contributed by atoms with Crippen LogP contribution in [0.5, 0.6) is 0 Å². The lowest BCUT2D eigenvalue weighted by Crippen LogP contribution is -2.24. The van der Waals surface area contributed by atoms with Crippen molar-refractivity contribution in [1.29, 1.82) is 0 Å². The molecule has 1 rings (SSSR count). The summed E-state index contributed by atoms with van der Waals surface area (Å²) in [6.45, 7) is 1.80. The van der Waals surface area contributed by atoms with Crippen LogP contribution in [0.3, 0.4) is 0 Å². The van der Waals surface area contributed by atoms with Crippen molar-refractivity contribution in [2.24, 2.45) is 0 Å². The number of amides is 1. The molecule has 4 heteroatoms. The van der Waals surface area contributed by atoms with Gasteiger partial charge in [-0.25, -0.2) is 0 Å². The molecule has 0 aliphatic heterocycles. The summed E-state index contributed by atoms with van der Waals surface area (Å²) in [6, 6.07) is 6.96. The third-order valence-corrected chi connectivity index (χ3v) is 2.36. The maximum atomic E-state index is 11.4. The van der Waals surface area contributed by atoms with Crippen molar-refractivity contribution in [1.82, 2.24) is 0 Å². The lowest BCUT2D eigenvalue weighted by Gasteiger charge is -2.16. The zero-order valence-electron chi connectivity index (χ0n) is 9.43. The fraction of sp³-hybridized carbons (Fsp3) is 0.333. The zero-order chi connectivity index (χ0) is 12.1. The molecule has 0 spiro atoms. The van der Waals surface area contributed by atoms with Crippen molar-refractivity contribution < 1.29 is 14.7 Å². The minimum absolute atomic E-state index is 0.00567. The number of hydrogen-bond donors (Lipinski definition) is 1. The Morgan fingerprint density at radius 3 is 2.25 bits per heavy atom. The smallest absolute Gasteiger partial charge is 0.307 e. The molecule has 0 fully saturated rings. The molecule has 0 aliphatic carbocycles. The first kappa shape index (κ1) is 12.2. The number of hydrogen-bond acceptors (Lipinski definition) is 2. The van der Waals surface area contributed by atoms with Crippen LogP contribution in [0, 0.1) is 0 Å². The van der Waals surface area contributed by atoms with Crippen LogP contribution in [0.15, 0.2) is 24.3 Å². The van der Waals surface area contributed by atoms with Crippen molar-refractivity contribution in [2.75, 3.05) is 11.9 Å². The second-order valence-electron chi connectivity index (χ2n) is 3.54. The van der Waals surface area contributed by atoms with Crippen molar-refractivity contribution in [3.05, 3.63) is 29.8 Å². The number of carbonyl (C=O) groups is 2. The van der Waals surface area contributed by atoms with E-state index in [-0.39, 0.29) is 12.3 Å². The summed E-state index contributed by atoms with van der Waals surface area (Å²) in [7, 11) is 1.71. The summed E-state index contributed by atoms with van der Waals surface area (Å²) < 4.78 is 0. The van der Waals surface area contributed by atoms with Crippen LogP contribution in [-0.2, 0) is 16.0 Å². The minimum Gasteiger partial charge on any atom is -0.481 e. The Kier molecular flexibility index (Phi) is 4.05. The van der Waals surface area contributed by atoms with E-state index in [0.29, 0.717) is 6.42 Å². The molecule has 16 heavy (non-hydrogen) atoms. The Balaban J connectivity index is 2.78. The fourth-order valence-electron chi connectivity index (χ4n) is 1.39. The molecule has 0 saturated carbocycles. The lowest BCUT2D eigenvalue weighted by atomic mass is 10.1. The lowest BCUT2D eigenvalue weighted by molar-refractivity contribution is -0.136. The monoisotopic (exact) mass is 221 g/mol. The third kappa shape index (κ3) is 3.08. The predicted octanol–water partition coefficient (Wildman–Crippen LogP) is 1.69. The van der Waals surface area contributed by atoms with Crippen LogP contribution in [0.2, 0.25) is 0 Å². The number of carboxylic acids is 1. The SMILES string of the molecule is CCC(=O)N(C)c1ccc(CC(=O)O)cc1. The quantitative estimate of drug-likeness (QED) is 0.841. The molecular formula is C12H15NO3. The van der Waals surface area contributed by atoms with Gasteiger partial charge in [-0.2, -0.15) is 0 Å². The highest BCUT2D eigenvalue weighted by molar-refractivity contribution is 5.92. The van der Waals surface area contributed by atoms with Gasteiger partial charge in [-0.05, 0) is 17.7 Å². The summed E-state index contributed by atoms with van der Waals surface area (Å²) in [5, 5.41) is 8.61. The molecule has 1 amide bonds. The Hall–Kier alpha value is -1.84. The minimum atomic E-state index is -0.856. The zero-order valence-corrected chi connectivity index (χ0v) is 9.43. The number of carboxylic acid groups (broad SMARTS) is 1. The summed E-state index contributed by atoms with van der Waals surface area (Å²) in [6.07, 6.45) is 0.457. The number of aliphatic carboxylic acids is 1. The molecular weight excluding hydrogens is 206 g/mol. The highest BCUT2D eigenvalue weighted by Crippen LogP contribution is 2.15. The Morgan fingerprint density at radius 2 is 1.81 bits per heavy atom. The van der Waals surface area contributed by atoms with Gasteiger partial charge in [0, 0.05) is 19.2 Å². The van der Waals surface area contributed by atoms with E-state index in [0.717, 1.165) is 11.3 Å². The van der Waals surface area contributed by atoms with Crippen molar-refractivity contribution >= 4 is 17.6 Å². The van der Waals surface area contributed by atoms with Crippen LogP contribution in [-0.4, -0.2) is 24.0 Å². The fourth-order valence-corrected chi connectivity index (χ4v) is 1.39. The van der Waals surface area contributed by atoms with E-state index in [4.69, 9.17) is 5.11 Å². The van der Waals surface area contributed by atoms with Gasteiger partial charge in [-0.15, -0.1) is 0 Å². The standard InChI is InChI=1S/C12H15NO3/c1-3-11(14)13(2)10-6-4-9(5-7-10)8-12(15)16/h4-7H,3,8H2,1-2H3,(H,15,16). The van der Waals surface area contributed by atoms with Gasteiger partial charge in [0.15, 0.2) is 0 Å². The first-order chi connectivity index (χ1) is 7.54. The number of carbonyl (C=O) groups excluding carboxylic acids is 1. The summed E-state index contributed by atoms with van der Waals surface area (Å²) in [5.41, 5.74) is 1.51. The summed E-state index contributed by atoms with van der Waals surface area (Å²) in [4.78, 5) is 23.4. The molecule has 1 N–H and O–H groups in total. The molecule has 0 atom stereocenters. The van der Waals surface area contributed by atoms with Crippen LogP contribution < -0.4 is 4.90 Å². The van der Waals surface area contributed by atoms with Crippen LogP contribution >= 0.6 is 0 Å². The van der Waals surface area contributed by atoms with Gasteiger partial charge in [0.1, 0.15) is 0 Å². The van der Waals surface area contributed by atoms with Gasteiger partial charge in [-0.1, -0.05) is 19.1 Å². The van der Waals surface area contributed by atoms with Crippen LogP contribution in [0.1, 0.15) is 18.9 Å². The van der Waals surface area contributed by atoms with E-state index >= 15 is 0 Å². The number of rotatable bonds is 4. The maximum absolute atomic E-state index is 11.4. The Bertz CT molecular complexity index is 384. The van der Waals surface area contributed by atoms with Gasteiger partial charge in [-0.3, -0.25) is 9.59 Å². The molecule has 4 nitrogen and oxygen atoms in total. The molecule has 0 aromatic heterocycles. The normalized spacial score (nSPS) is 9.88. The first-order valence-corrected chi connectivity index (χ1v) is 5.12. The number of nitrogens with zero attached hydrogens (tertiary/aromatic N) is 1. The molecule has 0 heterocycles. The van der Waals surface area contributed by atoms with Gasteiger partial charge in [0.25, 0.3) is 0 Å². The molecule has 0 aliphatic rings. The van der Waals surface area contributed by atoms with E-state index in [9.17, 15) is 9.59 Å². The second-order valence-corrected chi connectivity index (χ2v) is 3.54. The highest BCUT2D eigenvalue weighted by atomic mass is 16.4. The number of benzene rings is 1. The molecule has 0 radical (unpaired) electrons. The van der Waals surface area contributed by atoms with E-state index in [2.05, 4.69) is 0 Å². The molecule has 0 bridgehead atoms. The Morgan fingerprint density at radius 1 is 1.25 bits per heavy atom. The van der Waals surface area contributed by atoms with Crippen molar-refractivity contribution in [3.63, 3.8) is 0 Å². The largest absolute Gasteiger partial charge is 0.481 e. The third-order valence-electron chi connectivity index (χ3n) is 2.36. The second kappa shape index (κ2) is 5.30. The maximum Gasteiger partial charge on any atom is 0.307 e. The summed E-state index contributed by atoms with van der Waals surface area (Å²) >= 11 is 0. The van der Waals surface area contributed by atoms with Crippen LogP contribution in [0.4, 0.5) is 5.69 Å². The molecule has 1 aromatic carbocycles. The average Bonchev–Trinajstić information content (AvgIpc) is 2.27. The van der Waals surface area contributed by atoms with Gasteiger partial charge in [0.2, 0.25) is 5.91 Å². The average molecular weight is 221 g/mol. The van der Waals surface area contributed by atoms with E-state index < -0.39 is 5.97 Å². The highest BCUT2D eigenvalue weighted by Gasteiger charge is 2.08. The predicted molar refractivity (Wildman–Crippen MR) is 61.5 cm³/mol. The van der Waals surface area contributed by atoms with Crippen molar-refractivity contribution in [2.45, 2.75) is 19.8 Å². The molecule has 0 unspecified atom stereocenters. The van der Waals surface area contributed by atoms with Crippen molar-refractivity contribution in [3.8, 4) is 0 Å². The van der Waals surface area contributed by atoms with Gasteiger partial charge >= 0.3 is 5.97 Å². The van der Waals surface area contributed by atoms with Crippen LogP contribution in [0.25, 0.3) is 0 Å². The molecule has 1 aromatic rings.